The topological polar surface area (TPSA) is 46.4 Å². The molecule has 1 aromatic heterocycles. The fourth-order valence-electron chi connectivity index (χ4n) is 3.63. The lowest BCUT2D eigenvalue weighted by Gasteiger charge is -2.17. The molecule has 2 heterocycles. The highest BCUT2D eigenvalue weighted by Crippen LogP contribution is 2.36. The molecule has 4 heteroatoms. The number of hydrogen-bond donors (Lipinski definition) is 2. The molecule has 2 N–H and O–H groups in total. The summed E-state index contributed by atoms with van der Waals surface area (Å²) in [5.74, 6) is 1.76. The minimum Gasteiger partial charge on any atom is -0.487 e. The molecule has 0 aliphatic carbocycles. The normalized spacial score (nSPS) is 13.9. The van der Waals surface area contributed by atoms with Crippen molar-refractivity contribution in [2.75, 3.05) is 12.0 Å². The third kappa shape index (κ3) is 2.94. The van der Waals surface area contributed by atoms with Crippen molar-refractivity contribution in [3.8, 4) is 17.1 Å². The van der Waals surface area contributed by atoms with Crippen molar-refractivity contribution in [1.29, 1.82) is 0 Å². The summed E-state index contributed by atoms with van der Waals surface area (Å²) in [5, 5.41) is 1.17. The van der Waals surface area contributed by atoms with Gasteiger partial charge in [0.15, 0.2) is 0 Å². The summed E-state index contributed by atoms with van der Waals surface area (Å²) < 4.78 is 12.4. The maximum Gasteiger partial charge on any atom is 0.144 e. The lowest BCUT2D eigenvalue weighted by Crippen LogP contribution is -2.24. The van der Waals surface area contributed by atoms with E-state index in [0.29, 0.717) is 6.61 Å². The van der Waals surface area contributed by atoms with Gasteiger partial charge in [0.25, 0.3) is 0 Å². The SMILES string of the molecule is c1ccc2c(c1)COc1ccccc1NNCCc1c-2oc2ccccc12. The molecule has 1 aliphatic rings. The van der Waals surface area contributed by atoms with Crippen molar-refractivity contribution >= 4 is 16.7 Å². The van der Waals surface area contributed by atoms with Gasteiger partial charge < -0.3 is 14.6 Å². The van der Waals surface area contributed by atoms with E-state index in [1.54, 1.807) is 0 Å². The molecule has 0 amide bonds. The Labute approximate surface area is 157 Å². The number of ether oxygens (including phenoxy) is 1. The molecular weight excluding hydrogens is 336 g/mol. The van der Waals surface area contributed by atoms with E-state index in [1.807, 2.05) is 42.5 Å². The molecule has 0 spiro atoms. The summed E-state index contributed by atoms with van der Waals surface area (Å²) in [7, 11) is 0. The van der Waals surface area contributed by atoms with Crippen molar-refractivity contribution in [1.82, 2.24) is 5.43 Å². The Morgan fingerprint density at radius 1 is 0.815 bits per heavy atom. The maximum atomic E-state index is 6.29. The molecule has 27 heavy (non-hydrogen) atoms. The molecule has 134 valence electrons. The van der Waals surface area contributed by atoms with E-state index < -0.39 is 0 Å². The molecule has 1 aliphatic heterocycles. The summed E-state index contributed by atoms with van der Waals surface area (Å²) in [4.78, 5) is 0. The third-order valence-electron chi connectivity index (χ3n) is 4.95. The van der Waals surface area contributed by atoms with Crippen LogP contribution < -0.4 is 15.6 Å². The molecule has 0 saturated heterocycles. The predicted molar refractivity (Wildman–Crippen MR) is 108 cm³/mol. The number of rotatable bonds is 0. The highest BCUT2D eigenvalue weighted by molar-refractivity contribution is 5.88. The first kappa shape index (κ1) is 16.0. The van der Waals surface area contributed by atoms with Crippen LogP contribution in [0.3, 0.4) is 0 Å². The molecule has 0 atom stereocenters. The maximum absolute atomic E-state index is 6.29. The zero-order valence-electron chi connectivity index (χ0n) is 14.9. The van der Waals surface area contributed by atoms with Crippen LogP contribution in [-0.4, -0.2) is 6.54 Å². The molecule has 3 aromatic carbocycles. The van der Waals surface area contributed by atoms with Gasteiger partial charge in [-0.3, -0.25) is 0 Å². The fourth-order valence-corrected chi connectivity index (χ4v) is 3.63. The van der Waals surface area contributed by atoms with Gasteiger partial charge in [-0.2, -0.15) is 0 Å². The van der Waals surface area contributed by atoms with Gasteiger partial charge in [0.05, 0.1) is 5.69 Å². The molecule has 0 saturated carbocycles. The molecular formula is C23H20N2O2. The Morgan fingerprint density at radius 2 is 1.63 bits per heavy atom. The first-order valence-electron chi connectivity index (χ1n) is 9.19. The Balaban J connectivity index is 1.65. The molecule has 0 unspecified atom stereocenters. The summed E-state index contributed by atoms with van der Waals surface area (Å²) >= 11 is 0. The van der Waals surface area contributed by atoms with Crippen LogP contribution in [0, 0.1) is 0 Å². The second-order valence-corrected chi connectivity index (χ2v) is 6.65. The minimum atomic E-state index is 0.478. The summed E-state index contributed by atoms with van der Waals surface area (Å²) in [5.41, 5.74) is 11.9. The van der Waals surface area contributed by atoms with Gasteiger partial charge in [0, 0.05) is 28.6 Å². The second kappa shape index (κ2) is 6.82. The Morgan fingerprint density at radius 3 is 2.63 bits per heavy atom. The minimum absolute atomic E-state index is 0.478. The van der Waals surface area contributed by atoms with Crippen LogP contribution in [-0.2, 0) is 13.0 Å². The van der Waals surface area contributed by atoms with Crippen LogP contribution in [0.1, 0.15) is 11.1 Å². The van der Waals surface area contributed by atoms with Crippen LogP contribution in [0.4, 0.5) is 5.69 Å². The van der Waals surface area contributed by atoms with Crippen molar-refractivity contribution in [2.45, 2.75) is 13.0 Å². The predicted octanol–water partition coefficient (Wildman–Crippen LogP) is 5.15. The van der Waals surface area contributed by atoms with Gasteiger partial charge in [0.2, 0.25) is 0 Å². The van der Waals surface area contributed by atoms with Crippen LogP contribution in [0.25, 0.3) is 22.3 Å². The molecule has 4 aromatic rings. The number of hydrazine groups is 1. The van der Waals surface area contributed by atoms with Crippen LogP contribution >= 0.6 is 0 Å². The van der Waals surface area contributed by atoms with Gasteiger partial charge in [-0.05, 0) is 24.6 Å². The second-order valence-electron chi connectivity index (χ2n) is 6.65. The smallest absolute Gasteiger partial charge is 0.144 e. The fraction of sp³-hybridized carbons (Fsp3) is 0.130. The van der Waals surface area contributed by atoms with Crippen molar-refractivity contribution in [3.05, 3.63) is 83.9 Å². The lowest BCUT2D eigenvalue weighted by atomic mass is 9.99. The van der Waals surface area contributed by atoms with E-state index in [2.05, 4.69) is 41.2 Å². The number of fused-ring (bicyclic) bond motifs is 6. The largest absolute Gasteiger partial charge is 0.487 e. The molecule has 0 radical (unpaired) electrons. The highest BCUT2D eigenvalue weighted by Gasteiger charge is 2.19. The number of hydrogen-bond acceptors (Lipinski definition) is 4. The standard InChI is InChI=1S/C23H20N2O2/c1-2-8-17-16(7-1)15-26-22-12-6-4-10-20(22)25-24-14-13-19-18-9-3-5-11-21(18)27-23(17)19/h1-12,24-25H,13-15H2. The zero-order chi connectivity index (χ0) is 18.1. The Kier molecular flexibility index (Phi) is 4.03. The Hall–Kier alpha value is -3.24. The van der Waals surface area contributed by atoms with Gasteiger partial charge in [0.1, 0.15) is 23.7 Å². The van der Waals surface area contributed by atoms with Crippen LogP contribution in [0.5, 0.6) is 5.75 Å². The zero-order valence-corrected chi connectivity index (χ0v) is 14.9. The molecule has 4 nitrogen and oxygen atoms in total. The average Bonchev–Trinajstić information content (AvgIpc) is 3.08. The lowest BCUT2D eigenvalue weighted by molar-refractivity contribution is 0.307. The van der Waals surface area contributed by atoms with E-state index in [4.69, 9.17) is 9.15 Å². The van der Waals surface area contributed by atoms with E-state index in [9.17, 15) is 0 Å². The monoisotopic (exact) mass is 356 g/mol. The van der Waals surface area contributed by atoms with E-state index in [0.717, 1.165) is 46.9 Å². The van der Waals surface area contributed by atoms with E-state index in [-0.39, 0.29) is 0 Å². The van der Waals surface area contributed by atoms with Crippen molar-refractivity contribution in [2.24, 2.45) is 0 Å². The van der Waals surface area contributed by atoms with Crippen LogP contribution in [0.2, 0.25) is 0 Å². The van der Waals surface area contributed by atoms with Crippen molar-refractivity contribution in [3.63, 3.8) is 0 Å². The summed E-state index contributed by atoms with van der Waals surface area (Å²) in [6.45, 7) is 1.25. The highest BCUT2D eigenvalue weighted by atomic mass is 16.5. The number of nitrogens with one attached hydrogen (secondary N) is 2. The number of benzene rings is 3. The van der Waals surface area contributed by atoms with E-state index >= 15 is 0 Å². The van der Waals surface area contributed by atoms with Crippen LogP contribution in [0.15, 0.2) is 77.2 Å². The van der Waals surface area contributed by atoms with Gasteiger partial charge in [-0.15, -0.1) is 0 Å². The first-order valence-corrected chi connectivity index (χ1v) is 9.19. The van der Waals surface area contributed by atoms with E-state index in [1.165, 1.54) is 10.9 Å². The van der Waals surface area contributed by atoms with Gasteiger partial charge >= 0.3 is 0 Å². The molecule has 0 fully saturated rings. The summed E-state index contributed by atoms with van der Waals surface area (Å²) in [6, 6.07) is 24.5. The van der Waals surface area contributed by atoms with Crippen molar-refractivity contribution < 1.29 is 9.15 Å². The Bertz CT molecular complexity index is 1100. The molecule has 5 rings (SSSR count). The molecule has 0 bridgehead atoms. The first-order chi connectivity index (χ1) is 13.4. The van der Waals surface area contributed by atoms with Gasteiger partial charge in [-0.1, -0.05) is 54.6 Å². The average molecular weight is 356 g/mol. The number of anilines is 1. The van der Waals surface area contributed by atoms with Gasteiger partial charge in [-0.25, -0.2) is 5.43 Å². The summed E-state index contributed by atoms with van der Waals surface area (Å²) in [6.07, 6.45) is 0.858. The third-order valence-corrected chi connectivity index (χ3v) is 4.95. The quantitative estimate of drug-likeness (QED) is 0.457. The number of para-hydroxylation sites is 3. The number of furan rings is 1.